The molecule has 186 valence electrons. The highest BCUT2D eigenvalue weighted by Gasteiger charge is 2.37. The van der Waals surface area contributed by atoms with Crippen LogP contribution in [0.25, 0.3) is 22.0 Å². The zero-order chi connectivity index (χ0) is 25.6. The first kappa shape index (κ1) is 24.1. The van der Waals surface area contributed by atoms with Crippen LogP contribution in [0.3, 0.4) is 0 Å². The molecule has 3 aromatic heterocycles. The number of nitrogens with zero attached hydrogens (tertiary/aromatic N) is 4. The fourth-order valence-electron chi connectivity index (χ4n) is 4.37. The van der Waals surface area contributed by atoms with Crippen molar-refractivity contribution in [3.63, 3.8) is 0 Å². The second-order valence-corrected chi connectivity index (χ2v) is 11.8. The number of benzene rings is 1. The molecule has 0 unspecified atom stereocenters. The van der Waals surface area contributed by atoms with Crippen molar-refractivity contribution in [2.45, 2.75) is 36.9 Å². The first-order chi connectivity index (χ1) is 17.2. The van der Waals surface area contributed by atoms with Gasteiger partial charge in [-0.15, -0.1) is 11.3 Å². The van der Waals surface area contributed by atoms with Gasteiger partial charge in [-0.25, -0.2) is 18.4 Å². The van der Waals surface area contributed by atoms with Crippen LogP contribution in [0, 0.1) is 19.8 Å². The summed E-state index contributed by atoms with van der Waals surface area (Å²) in [6.45, 7) is 3.41. The molecule has 0 spiro atoms. The van der Waals surface area contributed by atoms with Crippen LogP contribution < -0.4 is 10.3 Å². The molecule has 1 aromatic carbocycles. The monoisotopic (exact) mass is 525 g/mol. The average Bonchev–Trinajstić information content (AvgIpc) is 3.18. The minimum Gasteiger partial charge on any atom is -0.469 e. The molecule has 0 amide bonds. The molecule has 1 aliphatic rings. The first-order valence-electron chi connectivity index (χ1n) is 11.2. The molecule has 5 rings (SSSR count). The number of methoxy groups -OCH3 is 1. The van der Waals surface area contributed by atoms with Crippen LogP contribution in [0.5, 0.6) is 0 Å². The summed E-state index contributed by atoms with van der Waals surface area (Å²) >= 11 is 1.11. The predicted molar refractivity (Wildman–Crippen MR) is 135 cm³/mol. The number of nitrogens with one attached hydrogen (secondary N) is 1. The quantitative estimate of drug-likeness (QED) is 0.379. The number of anilines is 1. The van der Waals surface area contributed by atoms with E-state index in [0.29, 0.717) is 51.3 Å². The largest absolute Gasteiger partial charge is 0.469 e. The fraction of sp³-hybridized carbons (Fsp3) is 0.292. The van der Waals surface area contributed by atoms with E-state index in [9.17, 15) is 18.0 Å². The zero-order valence-corrected chi connectivity index (χ0v) is 21.4. The summed E-state index contributed by atoms with van der Waals surface area (Å²) in [4.78, 5) is 37.7. The molecule has 4 aromatic rings. The van der Waals surface area contributed by atoms with Gasteiger partial charge in [0.2, 0.25) is 0 Å². The van der Waals surface area contributed by atoms with Gasteiger partial charge in [-0.05, 0) is 50.5 Å². The number of hydrogen-bond acceptors (Lipinski definition) is 9. The highest BCUT2D eigenvalue weighted by molar-refractivity contribution is 7.94. The number of aryl methyl sites for hydroxylation is 2. The van der Waals surface area contributed by atoms with Crippen molar-refractivity contribution in [3.8, 4) is 11.1 Å². The summed E-state index contributed by atoms with van der Waals surface area (Å²) in [5.41, 5.74) is 2.42. The third-order valence-electron chi connectivity index (χ3n) is 6.25. The molecule has 0 atom stereocenters. The lowest BCUT2D eigenvalue weighted by Gasteiger charge is -2.34. The van der Waals surface area contributed by atoms with Crippen LogP contribution in [0.4, 0.5) is 5.69 Å². The maximum Gasteiger partial charge on any atom is 0.308 e. The number of ether oxygens (including phenoxy) is 1. The number of sulfonamides is 1. The van der Waals surface area contributed by atoms with E-state index in [2.05, 4.69) is 19.7 Å². The lowest BCUT2D eigenvalue weighted by atomic mass is 9.80. The first-order valence-corrected chi connectivity index (χ1v) is 13.5. The van der Waals surface area contributed by atoms with E-state index in [0.717, 1.165) is 11.3 Å². The highest BCUT2D eigenvalue weighted by Crippen LogP contribution is 2.37. The van der Waals surface area contributed by atoms with Gasteiger partial charge < -0.3 is 4.74 Å². The van der Waals surface area contributed by atoms with Crippen LogP contribution in [0.15, 0.2) is 52.0 Å². The Hall–Kier alpha value is -3.64. The summed E-state index contributed by atoms with van der Waals surface area (Å²) in [7, 11) is -2.46. The van der Waals surface area contributed by atoms with E-state index in [1.807, 2.05) is 6.07 Å². The molecule has 3 heterocycles. The van der Waals surface area contributed by atoms with Gasteiger partial charge in [-0.3, -0.25) is 23.9 Å². The number of carbonyl (C=O) groups excluding carboxylic acids is 1. The Labute approximate surface area is 211 Å². The maximum atomic E-state index is 13.2. The van der Waals surface area contributed by atoms with E-state index in [-0.39, 0.29) is 27.7 Å². The summed E-state index contributed by atoms with van der Waals surface area (Å²) in [6.07, 6.45) is 5.61. The number of pyridine rings is 1. The van der Waals surface area contributed by atoms with Crippen molar-refractivity contribution < 1.29 is 17.9 Å². The average molecular weight is 526 g/mol. The number of carbonyl (C=O) groups is 1. The lowest BCUT2D eigenvalue weighted by molar-refractivity contribution is -0.149. The SMILES string of the molecule is COC(=O)C1CC(n2cnc3ccc(-c4cncc(NS(=O)(=O)c5sc(C)nc5C)c4)cc3c2=O)C1. The lowest BCUT2D eigenvalue weighted by Crippen LogP contribution is -2.37. The second-order valence-electron chi connectivity index (χ2n) is 8.71. The number of rotatable bonds is 6. The molecule has 10 nitrogen and oxygen atoms in total. The number of thiazole rings is 1. The van der Waals surface area contributed by atoms with Crippen LogP contribution in [-0.2, 0) is 19.6 Å². The molecule has 1 saturated carbocycles. The maximum absolute atomic E-state index is 13.2. The standard InChI is InChI=1S/C24H23N5O5S2/c1-13-24(35-14(2)27-13)36(32,33)28-18-6-17(10-25-11-18)15-4-5-21-20(9-15)22(30)29(12-26-21)19-7-16(8-19)23(31)34-3/h4-6,9-12,16,19,28H,7-8H2,1-3H3. The van der Waals surface area contributed by atoms with Gasteiger partial charge in [-0.2, -0.15) is 0 Å². The molecule has 1 fully saturated rings. The van der Waals surface area contributed by atoms with Gasteiger partial charge in [0.05, 0.1) is 52.8 Å². The summed E-state index contributed by atoms with van der Waals surface area (Å²) < 4.78 is 34.8. The van der Waals surface area contributed by atoms with Crippen molar-refractivity contribution in [1.29, 1.82) is 0 Å². The van der Waals surface area contributed by atoms with E-state index in [1.165, 1.54) is 19.6 Å². The van der Waals surface area contributed by atoms with Crippen LogP contribution in [0.1, 0.15) is 29.6 Å². The highest BCUT2D eigenvalue weighted by atomic mass is 32.2. The van der Waals surface area contributed by atoms with Gasteiger partial charge in [0.25, 0.3) is 15.6 Å². The van der Waals surface area contributed by atoms with Crippen molar-refractivity contribution in [2.75, 3.05) is 11.8 Å². The Balaban J connectivity index is 1.44. The Morgan fingerprint density at radius 2 is 1.94 bits per heavy atom. The van der Waals surface area contributed by atoms with E-state index >= 15 is 0 Å². The Bertz CT molecular complexity index is 1660. The third-order valence-corrected chi connectivity index (χ3v) is 9.32. The summed E-state index contributed by atoms with van der Waals surface area (Å²) in [5, 5.41) is 1.09. The second kappa shape index (κ2) is 9.10. The van der Waals surface area contributed by atoms with Crippen molar-refractivity contribution in [2.24, 2.45) is 5.92 Å². The zero-order valence-electron chi connectivity index (χ0n) is 19.8. The Morgan fingerprint density at radius 1 is 1.17 bits per heavy atom. The van der Waals surface area contributed by atoms with Gasteiger partial charge in [0, 0.05) is 17.8 Å². The summed E-state index contributed by atoms with van der Waals surface area (Å²) in [5.74, 6) is -0.469. The van der Waals surface area contributed by atoms with Gasteiger partial charge >= 0.3 is 5.97 Å². The Morgan fingerprint density at radius 3 is 2.64 bits per heavy atom. The van der Waals surface area contributed by atoms with E-state index in [1.54, 1.807) is 42.8 Å². The minimum atomic E-state index is -3.82. The minimum absolute atomic E-state index is 0.111. The molecule has 1 N–H and O–H groups in total. The molecule has 36 heavy (non-hydrogen) atoms. The molecule has 0 saturated heterocycles. The number of fused-ring (bicyclic) bond motifs is 1. The van der Waals surface area contributed by atoms with Crippen molar-refractivity contribution in [1.82, 2.24) is 19.5 Å². The van der Waals surface area contributed by atoms with E-state index < -0.39 is 10.0 Å². The Kier molecular flexibility index (Phi) is 6.08. The molecular formula is C24H23N5O5S2. The smallest absolute Gasteiger partial charge is 0.308 e. The number of esters is 1. The van der Waals surface area contributed by atoms with Crippen molar-refractivity contribution >= 4 is 43.9 Å². The summed E-state index contributed by atoms with van der Waals surface area (Å²) in [6, 6.07) is 6.83. The van der Waals surface area contributed by atoms with Crippen LogP contribution in [-0.4, -0.2) is 41.0 Å². The molecule has 1 aliphatic carbocycles. The van der Waals surface area contributed by atoms with Crippen LogP contribution in [0.2, 0.25) is 0 Å². The predicted octanol–water partition coefficient (Wildman–Crippen LogP) is 3.46. The van der Waals surface area contributed by atoms with Crippen LogP contribution >= 0.6 is 11.3 Å². The molecule has 0 radical (unpaired) electrons. The topological polar surface area (TPSA) is 133 Å². The van der Waals surface area contributed by atoms with Gasteiger partial charge in [-0.1, -0.05) is 6.07 Å². The molecule has 0 bridgehead atoms. The van der Waals surface area contributed by atoms with Gasteiger partial charge in [0.1, 0.15) is 0 Å². The number of hydrogen-bond donors (Lipinski definition) is 1. The molecular weight excluding hydrogens is 502 g/mol. The van der Waals surface area contributed by atoms with E-state index in [4.69, 9.17) is 4.74 Å². The fourth-order valence-corrected chi connectivity index (χ4v) is 6.89. The molecule has 0 aliphatic heterocycles. The molecule has 12 heteroatoms. The third kappa shape index (κ3) is 4.37. The van der Waals surface area contributed by atoms with Crippen molar-refractivity contribution in [3.05, 3.63) is 64.0 Å². The normalized spacial score (nSPS) is 17.5. The number of aromatic nitrogens is 4. The van der Waals surface area contributed by atoms with Gasteiger partial charge in [0.15, 0.2) is 4.21 Å².